The van der Waals surface area contributed by atoms with Crippen LogP contribution in [0.2, 0.25) is 0 Å². The van der Waals surface area contributed by atoms with E-state index in [1.807, 2.05) is 0 Å². The van der Waals surface area contributed by atoms with E-state index in [1.54, 1.807) is 0 Å². The van der Waals surface area contributed by atoms with E-state index in [9.17, 15) is 4.79 Å². The highest BCUT2D eigenvalue weighted by molar-refractivity contribution is 5.87. The van der Waals surface area contributed by atoms with Gasteiger partial charge in [0.05, 0.1) is 5.54 Å². The molecule has 1 aliphatic heterocycles. The van der Waals surface area contributed by atoms with Crippen molar-refractivity contribution in [3.63, 3.8) is 0 Å². The Balaban J connectivity index is 1.78. The normalized spacial score (nSPS) is 29.7. The third-order valence-electron chi connectivity index (χ3n) is 4.18. The largest absolute Gasteiger partial charge is 0.353 e. The molecule has 3 N–H and O–H groups in total. The Morgan fingerprint density at radius 2 is 2.12 bits per heavy atom. The molecular formula is C12H24N4O. The molecule has 1 atom stereocenters. The first kappa shape index (κ1) is 12.8. The first-order valence-corrected chi connectivity index (χ1v) is 6.47. The Morgan fingerprint density at radius 3 is 2.71 bits per heavy atom. The Morgan fingerprint density at radius 1 is 1.41 bits per heavy atom. The van der Waals surface area contributed by atoms with E-state index in [4.69, 9.17) is 5.73 Å². The van der Waals surface area contributed by atoms with Gasteiger partial charge in [0.1, 0.15) is 0 Å². The fourth-order valence-corrected chi connectivity index (χ4v) is 2.49. The van der Waals surface area contributed by atoms with Crippen LogP contribution < -0.4 is 11.1 Å². The number of likely N-dealkylation sites (N-methyl/N-ethyl adjacent to an activating group) is 2. The van der Waals surface area contributed by atoms with Crippen LogP contribution in [0, 0.1) is 0 Å². The molecule has 1 heterocycles. The summed E-state index contributed by atoms with van der Waals surface area (Å²) in [5.74, 6) is 0.0328. The van der Waals surface area contributed by atoms with Crippen LogP contribution in [0.15, 0.2) is 0 Å². The van der Waals surface area contributed by atoms with Crippen LogP contribution in [0.25, 0.3) is 0 Å². The second-order valence-corrected chi connectivity index (χ2v) is 5.62. The van der Waals surface area contributed by atoms with Gasteiger partial charge in [-0.25, -0.2) is 0 Å². The highest BCUT2D eigenvalue weighted by atomic mass is 16.2. The SMILES string of the molecule is CN1CCN(C)C(CNC(=O)C2(N)CCC2)C1. The number of hydrogen-bond donors (Lipinski definition) is 2. The molecule has 0 aromatic rings. The van der Waals surface area contributed by atoms with Crippen molar-refractivity contribution in [2.75, 3.05) is 40.3 Å². The molecule has 0 aromatic heterocycles. The van der Waals surface area contributed by atoms with Gasteiger partial charge in [0.15, 0.2) is 0 Å². The van der Waals surface area contributed by atoms with E-state index >= 15 is 0 Å². The molecule has 1 amide bonds. The summed E-state index contributed by atoms with van der Waals surface area (Å²) in [7, 11) is 4.24. The zero-order valence-electron chi connectivity index (χ0n) is 10.9. The minimum absolute atomic E-state index is 0.0328. The zero-order valence-corrected chi connectivity index (χ0v) is 10.9. The molecule has 1 saturated carbocycles. The molecule has 2 fully saturated rings. The number of hydrogen-bond acceptors (Lipinski definition) is 4. The number of amides is 1. The predicted octanol–water partition coefficient (Wildman–Crippen LogP) is -0.770. The average molecular weight is 240 g/mol. The third kappa shape index (κ3) is 2.78. The molecule has 2 aliphatic rings. The maximum atomic E-state index is 11.9. The van der Waals surface area contributed by atoms with Crippen LogP contribution in [-0.4, -0.2) is 67.6 Å². The summed E-state index contributed by atoms with van der Waals surface area (Å²) in [5.41, 5.74) is 5.42. The fourth-order valence-electron chi connectivity index (χ4n) is 2.49. The monoisotopic (exact) mass is 240 g/mol. The molecular weight excluding hydrogens is 216 g/mol. The number of piperazine rings is 1. The lowest BCUT2D eigenvalue weighted by molar-refractivity contribution is -0.129. The maximum Gasteiger partial charge on any atom is 0.240 e. The van der Waals surface area contributed by atoms with E-state index in [1.165, 1.54) is 0 Å². The van der Waals surface area contributed by atoms with Gasteiger partial charge >= 0.3 is 0 Å². The van der Waals surface area contributed by atoms with Gasteiger partial charge in [-0.15, -0.1) is 0 Å². The van der Waals surface area contributed by atoms with Gasteiger partial charge in [-0.05, 0) is 33.4 Å². The van der Waals surface area contributed by atoms with Crippen molar-refractivity contribution in [1.29, 1.82) is 0 Å². The van der Waals surface area contributed by atoms with E-state index < -0.39 is 5.54 Å². The number of carbonyl (C=O) groups is 1. The molecule has 1 saturated heterocycles. The van der Waals surface area contributed by atoms with Gasteiger partial charge in [-0.3, -0.25) is 9.69 Å². The summed E-state index contributed by atoms with van der Waals surface area (Å²) in [5, 5.41) is 3.01. The first-order valence-electron chi connectivity index (χ1n) is 6.47. The van der Waals surface area contributed by atoms with Crippen LogP contribution in [-0.2, 0) is 4.79 Å². The number of nitrogens with one attached hydrogen (secondary N) is 1. The number of nitrogens with zero attached hydrogens (tertiary/aromatic N) is 2. The molecule has 0 spiro atoms. The van der Waals surface area contributed by atoms with Crippen molar-refractivity contribution in [2.24, 2.45) is 5.73 Å². The molecule has 0 aromatic carbocycles. The third-order valence-corrected chi connectivity index (χ3v) is 4.18. The van der Waals surface area contributed by atoms with Gasteiger partial charge in [0, 0.05) is 32.2 Å². The van der Waals surface area contributed by atoms with Crippen molar-refractivity contribution in [1.82, 2.24) is 15.1 Å². The van der Waals surface area contributed by atoms with Crippen molar-refractivity contribution in [2.45, 2.75) is 30.8 Å². The smallest absolute Gasteiger partial charge is 0.240 e. The minimum Gasteiger partial charge on any atom is -0.353 e. The lowest BCUT2D eigenvalue weighted by Gasteiger charge is -2.40. The van der Waals surface area contributed by atoms with Crippen LogP contribution in [0.3, 0.4) is 0 Å². The summed E-state index contributed by atoms with van der Waals surface area (Å²) in [6.07, 6.45) is 2.74. The topological polar surface area (TPSA) is 61.6 Å². The van der Waals surface area contributed by atoms with Gasteiger partial charge in [-0.1, -0.05) is 0 Å². The second-order valence-electron chi connectivity index (χ2n) is 5.62. The Labute approximate surface area is 103 Å². The molecule has 2 rings (SSSR count). The average Bonchev–Trinajstić information content (AvgIpc) is 2.26. The van der Waals surface area contributed by atoms with E-state index in [0.717, 1.165) is 38.9 Å². The van der Waals surface area contributed by atoms with Crippen molar-refractivity contribution >= 4 is 5.91 Å². The molecule has 5 nitrogen and oxygen atoms in total. The van der Waals surface area contributed by atoms with Crippen LogP contribution in [0.1, 0.15) is 19.3 Å². The highest BCUT2D eigenvalue weighted by Crippen LogP contribution is 2.28. The Bertz CT molecular complexity index is 290. The number of carbonyl (C=O) groups excluding carboxylic acids is 1. The molecule has 17 heavy (non-hydrogen) atoms. The Hall–Kier alpha value is -0.650. The first-order chi connectivity index (χ1) is 8.01. The molecule has 98 valence electrons. The van der Waals surface area contributed by atoms with Crippen LogP contribution >= 0.6 is 0 Å². The summed E-state index contributed by atoms with van der Waals surface area (Å²) >= 11 is 0. The lowest BCUT2D eigenvalue weighted by atomic mass is 9.77. The minimum atomic E-state index is -0.570. The summed E-state index contributed by atoms with van der Waals surface area (Å²) in [6.45, 7) is 3.87. The summed E-state index contributed by atoms with van der Waals surface area (Å²) < 4.78 is 0. The molecule has 1 aliphatic carbocycles. The van der Waals surface area contributed by atoms with E-state index in [2.05, 4.69) is 29.2 Å². The van der Waals surface area contributed by atoms with Gasteiger partial charge in [0.25, 0.3) is 0 Å². The molecule has 0 bridgehead atoms. The van der Waals surface area contributed by atoms with Crippen molar-refractivity contribution in [3.8, 4) is 0 Å². The van der Waals surface area contributed by atoms with E-state index in [0.29, 0.717) is 12.6 Å². The van der Waals surface area contributed by atoms with Gasteiger partial charge in [0.2, 0.25) is 5.91 Å². The van der Waals surface area contributed by atoms with Crippen LogP contribution in [0.4, 0.5) is 0 Å². The quantitative estimate of drug-likeness (QED) is 0.680. The maximum absolute atomic E-state index is 11.9. The number of rotatable bonds is 3. The molecule has 0 radical (unpaired) electrons. The zero-order chi connectivity index (χ0) is 12.5. The summed E-state index contributed by atoms with van der Waals surface area (Å²) in [6, 6.07) is 0.404. The molecule has 5 heteroatoms. The predicted molar refractivity (Wildman–Crippen MR) is 67.7 cm³/mol. The molecule has 1 unspecified atom stereocenters. The Kier molecular flexibility index (Phi) is 3.70. The van der Waals surface area contributed by atoms with Gasteiger partial charge < -0.3 is 16.0 Å². The second kappa shape index (κ2) is 4.92. The standard InChI is InChI=1S/C12H24N4O/c1-15-6-7-16(2)10(9-15)8-14-11(17)12(13)4-3-5-12/h10H,3-9,13H2,1-2H3,(H,14,17). The fraction of sp³-hybridized carbons (Fsp3) is 0.917. The summed E-state index contributed by atoms with van der Waals surface area (Å²) in [4.78, 5) is 16.5. The van der Waals surface area contributed by atoms with Crippen molar-refractivity contribution < 1.29 is 4.79 Å². The highest BCUT2D eigenvalue weighted by Gasteiger charge is 2.40. The number of nitrogens with two attached hydrogens (primary N) is 1. The van der Waals surface area contributed by atoms with Gasteiger partial charge in [-0.2, -0.15) is 0 Å². The van der Waals surface area contributed by atoms with E-state index in [-0.39, 0.29) is 5.91 Å². The van der Waals surface area contributed by atoms with Crippen molar-refractivity contribution in [3.05, 3.63) is 0 Å². The lowest BCUT2D eigenvalue weighted by Crippen LogP contribution is -2.61. The van der Waals surface area contributed by atoms with Crippen LogP contribution in [0.5, 0.6) is 0 Å².